The summed E-state index contributed by atoms with van der Waals surface area (Å²) in [5.41, 5.74) is 9.99. The molecular weight excluding hydrogens is 388 g/mol. The molecule has 1 aromatic carbocycles. The fraction of sp³-hybridized carbons (Fsp3) is 0.316. The van der Waals surface area contributed by atoms with Crippen molar-refractivity contribution < 1.29 is 4.74 Å². The van der Waals surface area contributed by atoms with E-state index in [1.54, 1.807) is 23.9 Å². The number of nitrogens with zero attached hydrogens (tertiary/aromatic N) is 4. The summed E-state index contributed by atoms with van der Waals surface area (Å²) in [5.74, 6) is 1.51. The first-order valence-electron chi connectivity index (χ1n) is 9.49. The van der Waals surface area contributed by atoms with Crippen LogP contribution in [0.25, 0.3) is 21.1 Å². The van der Waals surface area contributed by atoms with Crippen LogP contribution in [0.1, 0.15) is 16.9 Å². The van der Waals surface area contributed by atoms with Crippen LogP contribution >= 0.6 is 11.3 Å². The minimum atomic E-state index is 0.455. The van der Waals surface area contributed by atoms with Gasteiger partial charge in [-0.2, -0.15) is 10.2 Å². The summed E-state index contributed by atoms with van der Waals surface area (Å²) in [6.45, 7) is 2.78. The van der Waals surface area contributed by atoms with E-state index >= 15 is 0 Å². The molecule has 3 aromatic heterocycles. The number of rotatable bonds is 7. The van der Waals surface area contributed by atoms with Crippen molar-refractivity contribution in [2.24, 2.45) is 5.11 Å². The molecule has 0 saturated carbocycles. The molecule has 4 heterocycles. The Hall–Kier alpha value is -3.11. The molecular formula is C19H20N8OS. The van der Waals surface area contributed by atoms with Gasteiger partial charge in [0.15, 0.2) is 0 Å². The number of aromatic amines is 1. The molecule has 5 rings (SSSR count). The topological polar surface area (TPSA) is 124 Å². The third-order valence-electron chi connectivity index (χ3n) is 4.97. The molecule has 0 bridgehead atoms. The van der Waals surface area contributed by atoms with Gasteiger partial charge in [-0.15, -0.1) is 11.3 Å². The zero-order chi connectivity index (χ0) is 19.6. The second kappa shape index (κ2) is 7.72. The third-order valence-corrected chi connectivity index (χ3v) is 6.11. The number of hydrogen-bond acceptors (Lipinski definition) is 9. The van der Waals surface area contributed by atoms with Gasteiger partial charge >= 0.3 is 0 Å². The molecule has 29 heavy (non-hydrogen) atoms. The highest BCUT2D eigenvalue weighted by Crippen LogP contribution is 2.38. The summed E-state index contributed by atoms with van der Waals surface area (Å²) in [6, 6.07) is 3.95. The first-order valence-corrected chi connectivity index (χ1v) is 10.3. The lowest BCUT2D eigenvalue weighted by molar-refractivity contribution is 0.314. The number of ether oxygens (including phenoxy) is 1. The van der Waals surface area contributed by atoms with Crippen molar-refractivity contribution in [1.29, 1.82) is 5.53 Å². The third kappa shape index (κ3) is 3.40. The summed E-state index contributed by atoms with van der Waals surface area (Å²) in [5, 5.41) is 19.5. The molecule has 1 aliphatic rings. The van der Waals surface area contributed by atoms with E-state index in [9.17, 15) is 0 Å². The largest absolute Gasteiger partial charge is 0.491 e. The molecule has 4 N–H and O–H groups in total. The number of fused-ring (bicyclic) bond motifs is 4. The van der Waals surface area contributed by atoms with E-state index in [1.165, 1.54) is 10.4 Å². The van der Waals surface area contributed by atoms with E-state index in [2.05, 4.69) is 35.9 Å². The first kappa shape index (κ1) is 18.0. The molecule has 148 valence electrons. The Morgan fingerprint density at radius 1 is 1.31 bits per heavy atom. The Balaban J connectivity index is 1.54. The lowest BCUT2D eigenvalue weighted by Gasteiger charge is -2.15. The molecule has 0 aliphatic carbocycles. The quantitative estimate of drug-likeness (QED) is 0.273. The van der Waals surface area contributed by atoms with Gasteiger partial charge in [-0.1, -0.05) is 0 Å². The van der Waals surface area contributed by atoms with E-state index in [1.807, 2.05) is 12.1 Å². The number of nitrogens with one attached hydrogen (secondary N) is 4. The molecule has 0 atom stereocenters. The van der Waals surface area contributed by atoms with Crippen LogP contribution in [-0.2, 0) is 13.0 Å². The monoisotopic (exact) mass is 408 g/mol. The van der Waals surface area contributed by atoms with Gasteiger partial charge in [0.2, 0.25) is 0 Å². The maximum absolute atomic E-state index is 6.93. The highest BCUT2D eigenvalue weighted by atomic mass is 32.1. The van der Waals surface area contributed by atoms with Crippen molar-refractivity contribution in [1.82, 2.24) is 25.5 Å². The van der Waals surface area contributed by atoms with Crippen molar-refractivity contribution >= 4 is 44.0 Å². The van der Waals surface area contributed by atoms with Crippen molar-refractivity contribution in [3.63, 3.8) is 0 Å². The average molecular weight is 408 g/mol. The Kier molecular flexibility index (Phi) is 4.78. The smallest absolute Gasteiger partial charge is 0.144 e. The number of anilines is 2. The first-order chi connectivity index (χ1) is 14.3. The highest BCUT2D eigenvalue weighted by Gasteiger charge is 2.20. The molecule has 9 nitrogen and oxygen atoms in total. The molecule has 10 heteroatoms. The van der Waals surface area contributed by atoms with E-state index in [4.69, 9.17) is 10.3 Å². The van der Waals surface area contributed by atoms with Crippen LogP contribution in [0.3, 0.4) is 0 Å². The van der Waals surface area contributed by atoms with Crippen LogP contribution in [0.4, 0.5) is 11.5 Å². The van der Waals surface area contributed by atoms with Gasteiger partial charge in [-0.25, -0.2) is 15.5 Å². The summed E-state index contributed by atoms with van der Waals surface area (Å²) in [4.78, 5) is 11.4. The van der Waals surface area contributed by atoms with Crippen LogP contribution in [0.2, 0.25) is 0 Å². The predicted octanol–water partition coefficient (Wildman–Crippen LogP) is 3.76. The van der Waals surface area contributed by atoms with Gasteiger partial charge in [0.25, 0.3) is 0 Å². The van der Waals surface area contributed by atoms with E-state index in [0.29, 0.717) is 25.3 Å². The van der Waals surface area contributed by atoms with Gasteiger partial charge in [0.05, 0.1) is 35.9 Å². The van der Waals surface area contributed by atoms with Gasteiger partial charge in [0, 0.05) is 29.3 Å². The Labute approximate surface area is 170 Å². The molecule has 0 unspecified atom stereocenters. The molecule has 0 amide bonds. The second-order valence-electron chi connectivity index (χ2n) is 6.85. The van der Waals surface area contributed by atoms with Crippen molar-refractivity contribution in [3.05, 3.63) is 35.1 Å². The van der Waals surface area contributed by atoms with Gasteiger partial charge in [0.1, 0.15) is 22.7 Å². The summed E-state index contributed by atoms with van der Waals surface area (Å²) in [6.07, 6.45) is 5.05. The number of hydrogen-bond donors (Lipinski definition) is 4. The molecule has 0 spiro atoms. The molecule has 0 radical (unpaired) electrons. The number of aromatic nitrogens is 4. The fourth-order valence-corrected chi connectivity index (χ4v) is 4.75. The number of H-pyrrole nitrogens is 1. The second-order valence-corrected chi connectivity index (χ2v) is 7.93. The standard InChI is InChI=1S/C19H20N8OS/c20-24-3-1-5-28-15-7-13-11(8-25-27-13)6-14(15)26-18-17-12-2-4-21-9-16(12)29-19(17)23-10-22-18/h6-8,10,20-21H,1-5,9H2,(H,25,27)(H,22,23,26). The summed E-state index contributed by atoms with van der Waals surface area (Å²) < 4.78 is 5.99. The lowest BCUT2D eigenvalue weighted by Crippen LogP contribution is -2.22. The number of thiophene rings is 1. The van der Waals surface area contributed by atoms with Crippen LogP contribution in [0.5, 0.6) is 5.75 Å². The minimum Gasteiger partial charge on any atom is -0.491 e. The molecule has 0 fully saturated rings. The average Bonchev–Trinajstić information content (AvgIpc) is 3.35. The SMILES string of the molecule is N=NCCCOc1cc2[nH]ncc2cc1Nc1ncnc2sc3c(c12)CCNC3. The van der Waals surface area contributed by atoms with Crippen molar-refractivity contribution in [3.8, 4) is 5.75 Å². The zero-order valence-electron chi connectivity index (χ0n) is 15.7. The van der Waals surface area contributed by atoms with Crippen molar-refractivity contribution in [2.75, 3.05) is 25.0 Å². The Morgan fingerprint density at radius 3 is 3.21 bits per heavy atom. The minimum absolute atomic E-state index is 0.455. The van der Waals surface area contributed by atoms with Crippen LogP contribution < -0.4 is 15.4 Å². The normalized spacial score (nSPS) is 13.5. The van der Waals surface area contributed by atoms with E-state index < -0.39 is 0 Å². The zero-order valence-corrected chi connectivity index (χ0v) is 16.5. The van der Waals surface area contributed by atoms with Crippen LogP contribution in [0, 0.1) is 5.53 Å². The Morgan fingerprint density at radius 2 is 2.28 bits per heavy atom. The summed E-state index contributed by atoms with van der Waals surface area (Å²) >= 11 is 1.72. The maximum Gasteiger partial charge on any atom is 0.144 e. The van der Waals surface area contributed by atoms with Gasteiger partial charge in [-0.05, 0) is 24.6 Å². The van der Waals surface area contributed by atoms with Crippen LogP contribution in [0.15, 0.2) is 29.8 Å². The maximum atomic E-state index is 6.93. The Bertz CT molecular complexity index is 1180. The highest BCUT2D eigenvalue weighted by molar-refractivity contribution is 7.19. The molecule has 0 saturated heterocycles. The molecule has 4 aromatic rings. The molecule has 1 aliphatic heterocycles. The fourth-order valence-electron chi connectivity index (χ4n) is 3.60. The predicted molar refractivity (Wildman–Crippen MR) is 112 cm³/mol. The van der Waals surface area contributed by atoms with E-state index in [0.717, 1.165) is 52.1 Å². The summed E-state index contributed by atoms with van der Waals surface area (Å²) in [7, 11) is 0. The lowest BCUT2D eigenvalue weighted by atomic mass is 10.1. The van der Waals surface area contributed by atoms with Crippen molar-refractivity contribution in [2.45, 2.75) is 19.4 Å². The van der Waals surface area contributed by atoms with Gasteiger partial charge in [-0.3, -0.25) is 5.10 Å². The van der Waals surface area contributed by atoms with Gasteiger partial charge < -0.3 is 15.4 Å². The number of benzene rings is 1. The van der Waals surface area contributed by atoms with E-state index in [-0.39, 0.29) is 0 Å². The van der Waals surface area contributed by atoms with Crippen LogP contribution in [-0.4, -0.2) is 39.9 Å².